The number of rotatable bonds is 9. The van der Waals surface area contributed by atoms with Crippen LogP contribution >= 0.6 is 0 Å². The van der Waals surface area contributed by atoms with Gasteiger partial charge in [-0.2, -0.15) is 0 Å². The second kappa shape index (κ2) is 12.1. The average Bonchev–Trinajstić information content (AvgIpc) is 2.75. The van der Waals surface area contributed by atoms with E-state index in [-0.39, 0.29) is 5.97 Å². The molecule has 1 N–H and O–H groups in total. The quantitative estimate of drug-likeness (QED) is 0.302. The Morgan fingerprint density at radius 1 is 1.07 bits per heavy atom. The summed E-state index contributed by atoms with van der Waals surface area (Å²) in [4.78, 5) is 20.2. The lowest BCUT2D eigenvalue weighted by Gasteiger charge is -2.38. The number of carbonyl (C=O) groups excluding carboxylic acids is 1. The van der Waals surface area contributed by atoms with Crippen LogP contribution in [0, 0.1) is 0 Å². The first-order valence-corrected chi connectivity index (χ1v) is 10.1. The number of piperazine rings is 1. The van der Waals surface area contributed by atoms with Crippen LogP contribution in [0.3, 0.4) is 0 Å². The van der Waals surface area contributed by atoms with Crippen molar-refractivity contribution in [3.05, 3.63) is 24.3 Å². The molecule has 0 aliphatic carbocycles. The van der Waals surface area contributed by atoms with E-state index >= 15 is 0 Å². The first-order valence-electron chi connectivity index (χ1n) is 10.1. The van der Waals surface area contributed by atoms with Crippen molar-refractivity contribution in [1.29, 1.82) is 0 Å². The molecule has 28 heavy (non-hydrogen) atoms. The maximum absolute atomic E-state index is 11.1. The van der Waals surface area contributed by atoms with E-state index in [0.717, 1.165) is 75.8 Å². The highest BCUT2D eigenvalue weighted by Crippen LogP contribution is 2.28. The van der Waals surface area contributed by atoms with Gasteiger partial charge in [0.05, 0.1) is 19.9 Å². The summed E-state index contributed by atoms with van der Waals surface area (Å²) < 4.78 is 10.1. The molecular formula is C21H34N4O3. The summed E-state index contributed by atoms with van der Waals surface area (Å²) in [5.41, 5.74) is 1.15. The van der Waals surface area contributed by atoms with Crippen molar-refractivity contribution in [3.8, 4) is 5.75 Å². The van der Waals surface area contributed by atoms with Gasteiger partial charge in [-0.05, 0) is 25.0 Å². The standard InChI is InChI=1S/C21H34N4O3/c1-22-21(23-13-9-5-4-6-12-20(26)28-3)25-16-14-24(15-17-25)18-10-7-8-11-19(18)27-2/h7-8,10-11H,4-6,9,12-17H2,1-3H3,(H,22,23). The molecule has 0 aromatic heterocycles. The third-order valence-corrected chi connectivity index (χ3v) is 5.04. The minimum atomic E-state index is -0.120. The highest BCUT2D eigenvalue weighted by atomic mass is 16.5. The zero-order chi connectivity index (χ0) is 20.2. The van der Waals surface area contributed by atoms with Crippen LogP contribution in [0.15, 0.2) is 29.3 Å². The van der Waals surface area contributed by atoms with Gasteiger partial charge in [0, 0.05) is 46.2 Å². The van der Waals surface area contributed by atoms with Crippen LogP contribution in [0.4, 0.5) is 5.69 Å². The van der Waals surface area contributed by atoms with Gasteiger partial charge in [0.2, 0.25) is 0 Å². The molecular weight excluding hydrogens is 356 g/mol. The molecule has 1 aliphatic heterocycles. The van der Waals surface area contributed by atoms with Gasteiger partial charge in [-0.15, -0.1) is 0 Å². The average molecular weight is 391 g/mol. The highest BCUT2D eigenvalue weighted by Gasteiger charge is 2.21. The molecule has 2 rings (SSSR count). The van der Waals surface area contributed by atoms with Crippen molar-refractivity contribution >= 4 is 17.6 Å². The molecule has 1 heterocycles. The smallest absolute Gasteiger partial charge is 0.305 e. The summed E-state index contributed by atoms with van der Waals surface area (Å²) in [6.45, 7) is 4.63. The number of carbonyl (C=O) groups is 1. The van der Waals surface area contributed by atoms with Crippen molar-refractivity contribution in [2.24, 2.45) is 4.99 Å². The summed E-state index contributed by atoms with van der Waals surface area (Å²) >= 11 is 0. The van der Waals surface area contributed by atoms with Gasteiger partial charge in [0.1, 0.15) is 5.75 Å². The predicted molar refractivity (Wildman–Crippen MR) is 113 cm³/mol. The molecule has 1 aromatic carbocycles. The Bertz CT molecular complexity index is 628. The van der Waals surface area contributed by atoms with Crippen LogP contribution in [0.5, 0.6) is 5.75 Å². The Morgan fingerprint density at radius 3 is 2.46 bits per heavy atom. The SMILES string of the molecule is CN=C(NCCCCCCC(=O)OC)N1CCN(c2ccccc2OC)CC1. The Balaban J connectivity index is 1.68. The number of guanidine groups is 1. The van der Waals surface area contributed by atoms with E-state index in [9.17, 15) is 4.79 Å². The summed E-state index contributed by atoms with van der Waals surface area (Å²) in [7, 11) is 5.00. The van der Waals surface area contributed by atoms with Gasteiger partial charge < -0.3 is 24.6 Å². The number of anilines is 1. The summed E-state index contributed by atoms with van der Waals surface area (Å²) in [5, 5.41) is 3.47. The molecule has 0 radical (unpaired) electrons. The van der Waals surface area contributed by atoms with Crippen LogP contribution in [-0.2, 0) is 9.53 Å². The minimum Gasteiger partial charge on any atom is -0.495 e. The van der Waals surface area contributed by atoms with Crippen LogP contribution in [0.25, 0.3) is 0 Å². The molecule has 0 spiro atoms. The number of nitrogens with zero attached hydrogens (tertiary/aromatic N) is 3. The number of benzene rings is 1. The third-order valence-electron chi connectivity index (χ3n) is 5.04. The fourth-order valence-electron chi connectivity index (χ4n) is 3.43. The van der Waals surface area contributed by atoms with Crippen molar-refractivity contribution in [2.45, 2.75) is 32.1 Å². The second-order valence-corrected chi connectivity index (χ2v) is 6.86. The Morgan fingerprint density at radius 2 is 1.79 bits per heavy atom. The number of para-hydroxylation sites is 2. The fraction of sp³-hybridized carbons (Fsp3) is 0.619. The molecule has 0 bridgehead atoms. The van der Waals surface area contributed by atoms with Gasteiger partial charge in [-0.1, -0.05) is 25.0 Å². The monoisotopic (exact) mass is 390 g/mol. The molecule has 7 heteroatoms. The van der Waals surface area contributed by atoms with E-state index in [1.165, 1.54) is 7.11 Å². The molecule has 0 saturated carbocycles. The van der Waals surface area contributed by atoms with E-state index in [2.05, 4.69) is 37.0 Å². The molecule has 0 unspecified atom stereocenters. The normalized spacial score (nSPS) is 14.8. The number of esters is 1. The molecule has 156 valence electrons. The van der Waals surface area contributed by atoms with Gasteiger partial charge in [-0.25, -0.2) is 0 Å². The first kappa shape index (κ1) is 21.9. The molecule has 1 aromatic rings. The van der Waals surface area contributed by atoms with E-state index < -0.39 is 0 Å². The fourth-order valence-corrected chi connectivity index (χ4v) is 3.43. The lowest BCUT2D eigenvalue weighted by Crippen LogP contribution is -2.52. The number of aliphatic imine (C=N–C) groups is 1. The van der Waals surface area contributed by atoms with Gasteiger partial charge in [0.15, 0.2) is 5.96 Å². The molecule has 0 amide bonds. The summed E-state index contributed by atoms with van der Waals surface area (Å²) in [5.74, 6) is 1.77. The highest BCUT2D eigenvalue weighted by molar-refractivity contribution is 5.80. The maximum atomic E-state index is 11.1. The van der Waals surface area contributed by atoms with Gasteiger partial charge in [-0.3, -0.25) is 9.79 Å². The van der Waals surface area contributed by atoms with E-state index in [1.807, 2.05) is 19.2 Å². The van der Waals surface area contributed by atoms with E-state index in [1.54, 1.807) is 7.11 Å². The Labute approximate surface area is 168 Å². The van der Waals surface area contributed by atoms with Crippen molar-refractivity contribution < 1.29 is 14.3 Å². The molecule has 1 aliphatic rings. The van der Waals surface area contributed by atoms with E-state index in [0.29, 0.717) is 6.42 Å². The summed E-state index contributed by atoms with van der Waals surface area (Å²) in [6, 6.07) is 8.17. The number of hydrogen-bond acceptors (Lipinski definition) is 5. The number of methoxy groups -OCH3 is 2. The molecule has 7 nitrogen and oxygen atoms in total. The zero-order valence-corrected chi connectivity index (χ0v) is 17.4. The number of hydrogen-bond donors (Lipinski definition) is 1. The van der Waals surface area contributed by atoms with Crippen LogP contribution in [0.2, 0.25) is 0 Å². The maximum Gasteiger partial charge on any atom is 0.305 e. The minimum absolute atomic E-state index is 0.120. The lowest BCUT2D eigenvalue weighted by molar-refractivity contribution is -0.140. The third kappa shape index (κ3) is 6.62. The molecule has 1 saturated heterocycles. The van der Waals surface area contributed by atoms with Crippen molar-refractivity contribution in [2.75, 3.05) is 58.9 Å². The largest absolute Gasteiger partial charge is 0.495 e. The zero-order valence-electron chi connectivity index (χ0n) is 17.4. The van der Waals surface area contributed by atoms with Crippen LogP contribution < -0.4 is 15.0 Å². The lowest BCUT2D eigenvalue weighted by atomic mass is 10.1. The van der Waals surface area contributed by atoms with Crippen LogP contribution in [0.1, 0.15) is 32.1 Å². The predicted octanol–water partition coefficient (Wildman–Crippen LogP) is 2.52. The van der Waals surface area contributed by atoms with Gasteiger partial charge in [0.25, 0.3) is 0 Å². The topological polar surface area (TPSA) is 66.4 Å². The molecule has 0 atom stereocenters. The van der Waals surface area contributed by atoms with E-state index in [4.69, 9.17) is 4.74 Å². The van der Waals surface area contributed by atoms with Crippen molar-refractivity contribution in [3.63, 3.8) is 0 Å². The summed E-state index contributed by atoms with van der Waals surface area (Å²) in [6.07, 6.45) is 4.63. The number of unbranched alkanes of at least 4 members (excludes halogenated alkanes) is 3. The molecule has 1 fully saturated rings. The Hall–Kier alpha value is -2.44. The first-order chi connectivity index (χ1) is 13.7. The van der Waals surface area contributed by atoms with Crippen LogP contribution in [-0.4, -0.2) is 70.8 Å². The van der Waals surface area contributed by atoms with Gasteiger partial charge >= 0.3 is 5.97 Å². The number of nitrogens with one attached hydrogen (secondary N) is 1. The Kier molecular flexibility index (Phi) is 9.45. The number of ether oxygens (including phenoxy) is 2. The van der Waals surface area contributed by atoms with Crippen molar-refractivity contribution in [1.82, 2.24) is 10.2 Å². The second-order valence-electron chi connectivity index (χ2n) is 6.86.